The summed E-state index contributed by atoms with van der Waals surface area (Å²) >= 11 is 11.0. The van der Waals surface area contributed by atoms with Gasteiger partial charge in [-0.3, -0.25) is 0 Å². The average molecular weight is 249 g/mol. The lowest BCUT2D eigenvalue weighted by Gasteiger charge is -2.21. The zero-order valence-electron chi connectivity index (χ0n) is 8.81. The van der Waals surface area contributed by atoms with Crippen molar-refractivity contribution in [3.8, 4) is 0 Å². The molecule has 0 spiro atoms. The van der Waals surface area contributed by atoms with E-state index in [1.807, 2.05) is 48.5 Å². The topological polar surface area (TPSA) is 0 Å². The molecule has 2 aromatic carbocycles. The maximum absolute atomic E-state index is 6.46. The summed E-state index contributed by atoms with van der Waals surface area (Å²) in [6.45, 7) is 0. The van der Waals surface area contributed by atoms with Crippen molar-refractivity contribution in [1.82, 2.24) is 0 Å². The van der Waals surface area contributed by atoms with Crippen molar-refractivity contribution in [3.05, 3.63) is 71.8 Å². The van der Waals surface area contributed by atoms with E-state index in [1.54, 1.807) is 0 Å². The third kappa shape index (κ3) is 2.81. The zero-order valence-corrected chi connectivity index (χ0v) is 10.5. The first-order valence-electron chi connectivity index (χ1n) is 5.19. The number of alkyl halides is 1. The Labute approximate surface area is 107 Å². The first-order chi connectivity index (χ1) is 7.68. The van der Waals surface area contributed by atoms with Crippen molar-refractivity contribution in [2.45, 2.75) is 10.6 Å². The van der Waals surface area contributed by atoms with E-state index in [9.17, 15) is 0 Å². The van der Waals surface area contributed by atoms with Gasteiger partial charge in [0.05, 0.1) is 0 Å². The lowest BCUT2D eigenvalue weighted by atomic mass is 10.0. The molecule has 0 aliphatic heterocycles. The van der Waals surface area contributed by atoms with Gasteiger partial charge in [-0.05, 0) is 11.1 Å². The summed E-state index contributed by atoms with van der Waals surface area (Å²) in [7, 11) is 0. The maximum Gasteiger partial charge on any atom is 0.116 e. The lowest BCUT2D eigenvalue weighted by Crippen LogP contribution is -2.13. The Kier molecular flexibility index (Phi) is 3.57. The van der Waals surface area contributed by atoms with Gasteiger partial charge in [0.2, 0.25) is 0 Å². The van der Waals surface area contributed by atoms with Crippen molar-refractivity contribution in [2.75, 3.05) is 0 Å². The maximum atomic E-state index is 6.46. The summed E-state index contributed by atoms with van der Waals surface area (Å²) in [4.78, 5) is 0. The molecular formula is C14H13ClS. The largest absolute Gasteiger partial charge is 0.151 e. The number of hydrogen-bond donors (Lipinski definition) is 1. The Hall–Kier alpha value is -0.920. The van der Waals surface area contributed by atoms with E-state index in [0.29, 0.717) is 6.42 Å². The molecule has 0 saturated heterocycles. The van der Waals surface area contributed by atoms with Crippen LogP contribution in [0, 0.1) is 0 Å². The van der Waals surface area contributed by atoms with E-state index in [4.69, 9.17) is 11.6 Å². The normalized spacial score (nSPS) is 14.4. The Balaban J connectivity index is 2.21. The number of thiol groups is 1. The molecule has 0 radical (unpaired) electrons. The van der Waals surface area contributed by atoms with Gasteiger partial charge < -0.3 is 0 Å². The third-order valence-corrected chi connectivity index (χ3v) is 3.27. The van der Waals surface area contributed by atoms with Crippen molar-refractivity contribution in [3.63, 3.8) is 0 Å². The average Bonchev–Trinajstić information content (AvgIpc) is 2.31. The highest BCUT2D eigenvalue weighted by atomic mass is 35.5. The van der Waals surface area contributed by atoms with E-state index in [2.05, 4.69) is 24.8 Å². The van der Waals surface area contributed by atoms with Gasteiger partial charge >= 0.3 is 0 Å². The van der Waals surface area contributed by atoms with E-state index >= 15 is 0 Å². The van der Waals surface area contributed by atoms with Crippen LogP contribution in [0.25, 0.3) is 0 Å². The Morgan fingerprint density at radius 2 is 1.38 bits per heavy atom. The van der Waals surface area contributed by atoms with Crippen LogP contribution in [0.1, 0.15) is 11.1 Å². The molecule has 0 nitrogen and oxygen atoms in total. The first-order valence-corrected chi connectivity index (χ1v) is 6.02. The van der Waals surface area contributed by atoms with Crippen LogP contribution in [0.15, 0.2) is 60.7 Å². The second-order valence-corrected chi connectivity index (χ2v) is 5.46. The Morgan fingerprint density at radius 1 is 0.875 bits per heavy atom. The fraction of sp³-hybridized carbons (Fsp3) is 0.143. The van der Waals surface area contributed by atoms with Gasteiger partial charge in [-0.25, -0.2) is 0 Å². The molecule has 2 heteroatoms. The predicted molar refractivity (Wildman–Crippen MR) is 73.1 cm³/mol. The fourth-order valence-corrected chi connectivity index (χ4v) is 2.27. The van der Waals surface area contributed by atoms with Gasteiger partial charge in [0.1, 0.15) is 4.21 Å². The summed E-state index contributed by atoms with van der Waals surface area (Å²) in [5.74, 6) is 0. The van der Waals surface area contributed by atoms with Crippen LogP contribution in [0.2, 0.25) is 0 Å². The molecule has 82 valence electrons. The minimum atomic E-state index is -0.636. The standard InChI is InChI=1S/C14H13ClS/c15-14(16,13-9-5-2-6-10-13)11-12-7-3-1-4-8-12/h1-10,16H,11H2. The minimum absolute atomic E-state index is 0.636. The predicted octanol–water partition coefficient (Wildman–Crippen LogP) is 4.25. The molecular weight excluding hydrogens is 236 g/mol. The molecule has 0 aliphatic carbocycles. The van der Waals surface area contributed by atoms with Gasteiger partial charge in [0.15, 0.2) is 0 Å². The van der Waals surface area contributed by atoms with E-state index < -0.39 is 4.21 Å². The molecule has 1 unspecified atom stereocenters. The van der Waals surface area contributed by atoms with Crippen molar-refractivity contribution in [1.29, 1.82) is 0 Å². The quantitative estimate of drug-likeness (QED) is 0.609. The molecule has 0 amide bonds. The fourth-order valence-electron chi connectivity index (χ4n) is 1.66. The molecule has 0 aliphatic rings. The first kappa shape index (κ1) is 11.6. The van der Waals surface area contributed by atoms with Crippen LogP contribution < -0.4 is 0 Å². The van der Waals surface area contributed by atoms with Crippen molar-refractivity contribution >= 4 is 24.2 Å². The smallest absolute Gasteiger partial charge is 0.116 e. The molecule has 0 aromatic heterocycles. The van der Waals surface area contributed by atoms with Crippen LogP contribution >= 0.6 is 24.2 Å². The van der Waals surface area contributed by atoms with Gasteiger partial charge in [-0.1, -0.05) is 60.7 Å². The zero-order chi connectivity index (χ0) is 11.4. The molecule has 16 heavy (non-hydrogen) atoms. The van der Waals surface area contributed by atoms with Crippen LogP contribution in [0.5, 0.6) is 0 Å². The lowest BCUT2D eigenvalue weighted by molar-refractivity contribution is 0.858. The number of halogens is 1. The van der Waals surface area contributed by atoms with E-state index in [-0.39, 0.29) is 0 Å². The highest BCUT2D eigenvalue weighted by Gasteiger charge is 2.24. The van der Waals surface area contributed by atoms with Gasteiger partial charge in [-0.15, -0.1) is 11.6 Å². The van der Waals surface area contributed by atoms with E-state index in [1.165, 1.54) is 5.56 Å². The summed E-state index contributed by atoms with van der Waals surface area (Å²) in [6.07, 6.45) is 0.711. The molecule has 2 aromatic rings. The molecule has 0 bridgehead atoms. The highest BCUT2D eigenvalue weighted by molar-refractivity contribution is 7.82. The molecule has 1 atom stereocenters. The third-order valence-electron chi connectivity index (χ3n) is 2.50. The molecule has 0 saturated carbocycles. The van der Waals surface area contributed by atoms with Crippen molar-refractivity contribution in [2.24, 2.45) is 0 Å². The second kappa shape index (κ2) is 4.94. The van der Waals surface area contributed by atoms with Gasteiger partial charge in [0, 0.05) is 6.42 Å². The number of rotatable bonds is 3. The molecule has 0 fully saturated rings. The van der Waals surface area contributed by atoms with Gasteiger partial charge in [-0.2, -0.15) is 12.6 Å². The Morgan fingerprint density at radius 3 is 1.94 bits per heavy atom. The Bertz CT molecular complexity index is 437. The van der Waals surface area contributed by atoms with E-state index in [0.717, 1.165) is 5.56 Å². The number of hydrogen-bond acceptors (Lipinski definition) is 1. The summed E-state index contributed by atoms with van der Waals surface area (Å²) < 4.78 is -0.636. The van der Waals surface area contributed by atoms with Crippen LogP contribution in [0.4, 0.5) is 0 Å². The number of benzene rings is 2. The minimum Gasteiger partial charge on any atom is -0.151 e. The monoisotopic (exact) mass is 248 g/mol. The highest BCUT2D eigenvalue weighted by Crippen LogP contribution is 2.36. The summed E-state index contributed by atoms with van der Waals surface area (Å²) in [6, 6.07) is 20.1. The van der Waals surface area contributed by atoms with Gasteiger partial charge in [0.25, 0.3) is 0 Å². The van der Waals surface area contributed by atoms with Crippen LogP contribution in [0.3, 0.4) is 0 Å². The SMILES string of the molecule is SC(Cl)(Cc1ccccc1)c1ccccc1. The van der Waals surface area contributed by atoms with Crippen LogP contribution in [-0.2, 0) is 10.6 Å². The summed E-state index contributed by atoms with van der Waals surface area (Å²) in [5.41, 5.74) is 2.22. The second-order valence-electron chi connectivity index (χ2n) is 3.79. The molecule has 0 heterocycles. The molecule has 2 rings (SSSR count). The van der Waals surface area contributed by atoms with Crippen molar-refractivity contribution < 1.29 is 0 Å². The van der Waals surface area contributed by atoms with Crippen LogP contribution in [-0.4, -0.2) is 0 Å². The summed E-state index contributed by atoms with van der Waals surface area (Å²) in [5, 5.41) is 0. The molecule has 0 N–H and O–H groups in total.